The lowest BCUT2D eigenvalue weighted by atomic mass is 10.1. The van der Waals surface area contributed by atoms with Crippen molar-refractivity contribution in [2.75, 3.05) is 19.0 Å². The molecule has 0 aliphatic carbocycles. The van der Waals surface area contributed by atoms with E-state index in [0.29, 0.717) is 11.5 Å². The number of anilines is 1. The van der Waals surface area contributed by atoms with Crippen LogP contribution in [0.15, 0.2) is 42.6 Å². The number of imidazole rings is 1. The summed E-state index contributed by atoms with van der Waals surface area (Å²) in [5, 5.41) is 9.55. The van der Waals surface area contributed by atoms with Gasteiger partial charge in [-0.3, -0.25) is 9.59 Å². The standard InChI is InChI=1S/C17H17N5O3/c1-11(23)18-9-17(24)20-15-10-22-16(19-15)7-6-14(21-22)12-4-3-5-13(8-12)25-2/h3-8,10H,9H2,1-2H3,(H,18,23)(H,20,24). The number of hydrogen-bond donors (Lipinski definition) is 2. The minimum absolute atomic E-state index is 0.105. The van der Waals surface area contributed by atoms with Gasteiger partial charge in [-0.15, -0.1) is 0 Å². The van der Waals surface area contributed by atoms with Crippen LogP contribution in [-0.4, -0.2) is 40.1 Å². The zero-order chi connectivity index (χ0) is 17.8. The van der Waals surface area contributed by atoms with Crippen LogP contribution in [0.4, 0.5) is 5.82 Å². The molecule has 2 aromatic heterocycles. The molecule has 2 amide bonds. The number of carbonyl (C=O) groups excluding carboxylic acids is 2. The lowest BCUT2D eigenvalue weighted by molar-refractivity contribution is -0.122. The summed E-state index contributed by atoms with van der Waals surface area (Å²) in [4.78, 5) is 26.9. The van der Waals surface area contributed by atoms with Crippen LogP contribution in [0.5, 0.6) is 5.75 Å². The summed E-state index contributed by atoms with van der Waals surface area (Å²) in [6.07, 6.45) is 1.62. The predicted molar refractivity (Wildman–Crippen MR) is 92.3 cm³/mol. The van der Waals surface area contributed by atoms with Gasteiger partial charge in [-0.1, -0.05) is 12.1 Å². The van der Waals surface area contributed by atoms with E-state index in [1.54, 1.807) is 17.8 Å². The summed E-state index contributed by atoms with van der Waals surface area (Å²) >= 11 is 0. The lowest BCUT2D eigenvalue weighted by Gasteiger charge is -2.04. The molecule has 0 saturated carbocycles. The Labute approximate surface area is 143 Å². The van der Waals surface area contributed by atoms with E-state index in [4.69, 9.17) is 4.74 Å². The number of ether oxygens (including phenoxy) is 1. The molecule has 0 fully saturated rings. The maximum absolute atomic E-state index is 11.7. The minimum atomic E-state index is -0.355. The fourth-order valence-corrected chi connectivity index (χ4v) is 2.27. The quantitative estimate of drug-likeness (QED) is 0.734. The number of nitrogens with one attached hydrogen (secondary N) is 2. The number of rotatable bonds is 5. The van der Waals surface area contributed by atoms with Crippen LogP contribution < -0.4 is 15.4 Å². The van der Waals surface area contributed by atoms with Gasteiger partial charge in [-0.2, -0.15) is 5.10 Å². The third kappa shape index (κ3) is 3.92. The average Bonchev–Trinajstić information content (AvgIpc) is 3.01. The Morgan fingerprint density at radius 1 is 1.24 bits per heavy atom. The fourth-order valence-electron chi connectivity index (χ4n) is 2.27. The number of methoxy groups -OCH3 is 1. The summed E-state index contributed by atoms with van der Waals surface area (Å²) in [6, 6.07) is 11.2. The second kappa shape index (κ2) is 7.00. The van der Waals surface area contributed by atoms with Crippen molar-refractivity contribution in [1.82, 2.24) is 19.9 Å². The molecule has 0 aliphatic rings. The van der Waals surface area contributed by atoms with Gasteiger partial charge in [0.15, 0.2) is 11.5 Å². The third-order valence-electron chi connectivity index (χ3n) is 3.45. The van der Waals surface area contributed by atoms with Crippen molar-refractivity contribution in [1.29, 1.82) is 0 Å². The first-order valence-electron chi connectivity index (χ1n) is 7.60. The average molecular weight is 339 g/mol. The van der Waals surface area contributed by atoms with Crippen molar-refractivity contribution in [2.45, 2.75) is 6.92 Å². The summed E-state index contributed by atoms with van der Waals surface area (Å²) in [5.41, 5.74) is 2.26. The van der Waals surface area contributed by atoms with E-state index in [-0.39, 0.29) is 18.4 Å². The molecule has 3 rings (SSSR count). The second-order valence-electron chi connectivity index (χ2n) is 5.34. The Morgan fingerprint density at radius 3 is 2.84 bits per heavy atom. The van der Waals surface area contributed by atoms with Gasteiger partial charge in [0.25, 0.3) is 0 Å². The first kappa shape index (κ1) is 16.4. The number of carbonyl (C=O) groups is 2. The van der Waals surface area contributed by atoms with Crippen LogP contribution in [0.1, 0.15) is 6.92 Å². The summed E-state index contributed by atoms with van der Waals surface area (Å²) < 4.78 is 6.81. The molecule has 0 atom stereocenters. The number of fused-ring (bicyclic) bond motifs is 1. The van der Waals surface area contributed by atoms with E-state index in [0.717, 1.165) is 17.0 Å². The largest absolute Gasteiger partial charge is 0.497 e. The lowest BCUT2D eigenvalue weighted by Crippen LogP contribution is -2.31. The molecule has 25 heavy (non-hydrogen) atoms. The highest BCUT2D eigenvalue weighted by Crippen LogP contribution is 2.22. The van der Waals surface area contributed by atoms with Gasteiger partial charge in [0, 0.05) is 12.5 Å². The van der Waals surface area contributed by atoms with Gasteiger partial charge in [-0.25, -0.2) is 9.50 Å². The van der Waals surface area contributed by atoms with Crippen molar-refractivity contribution >= 4 is 23.3 Å². The number of aromatic nitrogens is 3. The molecule has 3 aromatic rings. The van der Waals surface area contributed by atoms with Crippen LogP contribution >= 0.6 is 0 Å². The third-order valence-corrected chi connectivity index (χ3v) is 3.45. The Hall–Kier alpha value is -3.42. The van der Waals surface area contributed by atoms with Gasteiger partial charge >= 0.3 is 0 Å². The monoisotopic (exact) mass is 339 g/mol. The SMILES string of the molecule is COc1cccc(-c2ccc3nc(NC(=O)CNC(C)=O)cn3n2)c1. The summed E-state index contributed by atoms with van der Waals surface area (Å²) in [5.74, 6) is 0.489. The molecule has 8 heteroatoms. The number of amides is 2. The molecule has 0 saturated heterocycles. The van der Waals surface area contributed by atoms with E-state index >= 15 is 0 Å². The molecule has 128 valence electrons. The Bertz CT molecular complexity index is 935. The van der Waals surface area contributed by atoms with Crippen molar-refractivity contribution in [3.63, 3.8) is 0 Å². The number of hydrogen-bond acceptors (Lipinski definition) is 5. The van der Waals surface area contributed by atoms with Crippen molar-refractivity contribution in [3.8, 4) is 17.0 Å². The normalized spacial score (nSPS) is 10.5. The number of benzene rings is 1. The Kier molecular flexibility index (Phi) is 4.60. The minimum Gasteiger partial charge on any atom is -0.497 e. The molecule has 8 nitrogen and oxygen atoms in total. The fraction of sp³-hybridized carbons (Fsp3) is 0.176. The van der Waals surface area contributed by atoms with Crippen LogP contribution in [-0.2, 0) is 9.59 Å². The first-order valence-corrected chi connectivity index (χ1v) is 7.60. The predicted octanol–water partition coefficient (Wildman–Crippen LogP) is 1.48. The molecule has 0 unspecified atom stereocenters. The van der Waals surface area contributed by atoms with Crippen LogP contribution in [0.25, 0.3) is 16.9 Å². The molecule has 1 aromatic carbocycles. The van der Waals surface area contributed by atoms with Crippen LogP contribution in [0.2, 0.25) is 0 Å². The van der Waals surface area contributed by atoms with E-state index < -0.39 is 0 Å². The molecule has 0 bridgehead atoms. The smallest absolute Gasteiger partial charge is 0.244 e. The van der Waals surface area contributed by atoms with E-state index in [9.17, 15) is 9.59 Å². The highest BCUT2D eigenvalue weighted by Gasteiger charge is 2.09. The summed E-state index contributed by atoms with van der Waals surface area (Å²) in [7, 11) is 1.61. The summed E-state index contributed by atoms with van der Waals surface area (Å²) in [6.45, 7) is 1.24. The maximum Gasteiger partial charge on any atom is 0.244 e. The van der Waals surface area contributed by atoms with E-state index in [1.807, 2.05) is 36.4 Å². The van der Waals surface area contributed by atoms with Gasteiger partial charge in [0.05, 0.1) is 25.5 Å². The van der Waals surface area contributed by atoms with Crippen molar-refractivity contribution in [2.24, 2.45) is 0 Å². The van der Waals surface area contributed by atoms with Crippen molar-refractivity contribution in [3.05, 3.63) is 42.6 Å². The molecule has 0 radical (unpaired) electrons. The first-order chi connectivity index (χ1) is 12.0. The Balaban J connectivity index is 1.81. The van der Waals surface area contributed by atoms with Gasteiger partial charge in [0.2, 0.25) is 11.8 Å². The van der Waals surface area contributed by atoms with E-state index in [1.165, 1.54) is 6.92 Å². The maximum atomic E-state index is 11.7. The van der Waals surface area contributed by atoms with Crippen molar-refractivity contribution < 1.29 is 14.3 Å². The van der Waals surface area contributed by atoms with Gasteiger partial charge < -0.3 is 15.4 Å². The Morgan fingerprint density at radius 2 is 2.08 bits per heavy atom. The zero-order valence-electron chi connectivity index (χ0n) is 13.8. The molecule has 2 heterocycles. The van der Waals surface area contributed by atoms with Crippen LogP contribution in [0, 0.1) is 0 Å². The molecular formula is C17H17N5O3. The van der Waals surface area contributed by atoms with Gasteiger partial charge in [0.1, 0.15) is 5.75 Å². The molecule has 0 spiro atoms. The molecular weight excluding hydrogens is 322 g/mol. The number of nitrogens with zero attached hydrogens (tertiary/aromatic N) is 3. The molecule has 2 N–H and O–H groups in total. The van der Waals surface area contributed by atoms with Gasteiger partial charge in [-0.05, 0) is 24.3 Å². The van der Waals surface area contributed by atoms with Crippen LogP contribution in [0.3, 0.4) is 0 Å². The highest BCUT2D eigenvalue weighted by molar-refractivity contribution is 5.93. The zero-order valence-corrected chi connectivity index (χ0v) is 13.8. The van der Waals surface area contributed by atoms with E-state index in [2.05, 4.69) is 20.7 Å². The second-order valence-corrected chi connectivity index (χ2v) is 5.34. The topological polar surface area (TPSA) is 97.6 Å². The molecule has 0 aliphatic heterocycles. The highest BCUT2D eigenvalue weighted by atomic mass is 16.5.